The zero-order valence-electron chi connectivity index (χ0n) is 12.7. The Morgan fingerprint density at radius 1 is 1.14 bits per heavy atom. The SMILES string of the molecule is Nc1cccc(CC2=C(O)C3=C(CCCCCC3)OC2O)c1. The fourth-order valence-corrected chi connectivity index (χ4v) is 3.22. The Hall–Kier alpha value is -1.94. The van der Waals surface area contributed by atoms with Crippen LogP contribution in [0.3, 0.4) is 0 Å². The van der Waals surface area contributed by atoms with E-state index in [9.17, 15) is 10.2 Å². The molecule has 3 rings (SSSR count). The van der Waals surface area contributed by atoms with Crippen molar-refractivity contribution >= 4 is 5.69 Å². The summed E-state index contributed by atoms with van der Waals surface area (Å²) in [5.74, 6) is 0.985. The summed E-state index contributed by atoms with van der Waals surface area (Å²) in [7, 11) is 0. The van der Waals surface area contributed by atoms with Crippen LogP contribution < -0.4 is 5.73 Å². The number of allylic oxidation sites excluding steroid dienone is 2. The van der Waals surface area contributed by atoms with Crippen molar-refractivity contribution in [2.45, 2.75) is 51.2 Å². The minimum absolute atomic E-state index is 0.220. The van der Waals surface area contributed by atoms with Gasteiger partial charge in [0.15, 0.2) is 0 Å². The highest BCUT2D eigenvalue weighted by Gasteiger charge is 2.29. The fourth-order valence-electron chi connectivity index (χ4n) is 3.22. The standard InChI is InChI=1S/C18H23NO3/c19-13-7-5-6-12(10-13)11-15-17(20)14-8-3-1-2-4-9-16(14)22-18(15)21/h5-7,10,18,20-21H,1-4,8-9,11,19H2. The number of hydrogen-bond donors (Lipinski definition) is 3. The number of nitrogens with two attached hydrogens (primary N) is 1. The Bertz CT molecular complexity index is 619. The van der Waals surface area contributed by atoms with E-state index in [-0.39, 0.29) is 5.76 Å². The Balaban J connectivity index is 1.91. The highest BCUT2D eigenvalue weighted by atomic mass is 16.6. The Morgan fingerprint density at radius 3 is 2.68 bits per heavy atom. The van der Waals surface area contributed by atoms with Crippen LogP contribution in [0, 0.1) is 0 Å². The first-order valence-corrected chi connectivity index (χ1v) is 7.98. The number of nitrogen functional groups attached to an aromatic ring is 1. The molecule has 0 radical (unpaired) electrons. The van der Waals surface area contributed by atoms with Crippen molar-refractivity contribution < 1.29 is 14.9 Å². The number of benzene rings is 1. The van der Waals surface area contributed by atoms with E-state index in [1.54, 1.807) is 0 Å². The molecular formula is C18H23NO3. The Morgan fingerprint density at radius 2 is 1.91 bits per heavy atom. The van der Waals surface area contributed by atoms with E-state index in [4.69, 9.17) is 10.5 Å². The van der Waals surface area contributed by atoms with Gasteiger partial charge in [0.2, 0.25) is 6.29 Å². The maximum Gasteiger partial charge on any atom is 0.223 e. The van der Waals surface area contributed by atoms with Gasteiger partial charge in [0, 0.05) is 29.7 Å². The van der Waals surface area contributed by atoms with Gasteiger partial charge >= 0.3 is 0 Å². The molecule has 0 aromatic heterocycles. The van der Waals surface area contributed by atoms with Gasteiger partial charge in [0.05, 0.1) is 0 Å². The van der Waals surface area contributed by atoms with Crippen molar-refractivity contribution in [1.29, 1.82) is 0 Å². The smallest absolute Gasteiger partial charge is 0.223 e. The predicted octanol–water partition coefficient (Wildman–Crippen LogP) is 3.58. The first-order valence-electron chi connectivity index (χ1n) is 7.98. The lowest BCUT2D eigenvalue weighted by Gasteiger charge is -2.29. The van der Waals surface area contributed by atoms with Crippen LogP contribution in [0.5, 0.6) is 0 Å². The molecule has 1 aromatic carbocycles. The molecule has 0 saturated carbocycles. The van der Waals surface area contributed by atoms with Crippen LogP contribution in [-0.4, -0.2) is 16.5 Å². The van der Waals surface area contributed by atoms with Crippen LogP contribution in [0.1, 0.15) is 44.1 Å². The molecule has 0 bridgehead atoms. The molecule has 0 fully saturated rings. The summed E-state index contributed by atoms with van der Waals surface area (Å²) in [6.07, 6.45) is 5.43. The van der Waals surface area contributed by atoms with Crippen molar-refractivity contribution in [3.05, 3.63) is 52.5 Å². The molecule has 118 valence electrons. The largest absolute Gasteiger partial charge is 0.507 e. The van der Waals surface area contributed by atoms with Crippen LogP contribution in [0.4, 0.5) is 5.69 Å². The molecular weight excluding hydrogens is 278 g/mol. The van der Waals surface area contributed by atoms with E-state index in [1.165, 1.54) is 12.8 Å². The summed E-state index contributed by atoms with van der Waals surface area (Å²) in [5.41, 5.74) is 8.84. The summed E-state index contributed by atoms with van der Waals surface area (Å²) in [4.78, 5) is 0. The van der Waals surface area contributed by atoms with Gasteiger partial charge in [-0.3, -0.25) is 0 Å². The molecule has 1 unspecified atom stereocenters. The average molecular weight is 301 g/mol. The van der Waals surface area contributed by atoms with Crippen molar-refractivity contribution in [3.8, 4) is 0 Å². The summed E-state index contributed by atoms with van der Waals surface area (Å²) in [6, 6.07) is 7.49. The van der Waals surface area contributed by atoms with Gasteiger partial charge in [-0.2, -0.15) is 0 Å². The van der Waals surface area contributed by atoms with Crippen molar-refractivity contribution in [2.24, 2.45) is 0 Å². The van der Waals surface area contributed by atoms with Crippen molar-refractivity contribution in [3.63, 3.8) is 0 Å². The number of hydrogen-bond acceptors (Lipinski definition) is 4. The number of aliphatic hydroxyl groups excluding tert-OH is 2. The molecule has 4 heteroatoms. The molecule has 4 N–H and O–H groups in total. The van der Waals surface area contributed by atoms with Crippen LogP contribution in [0.2, 0.25) is 0 Å². The number of ether oxygens (including phenoxy) is 1. The van der Waals surface area contributed by atoms with E-state index < -0.39 is 6.29 Å². The molecule has 1 aromatic rings. The summed E-state index contributed by atoms with van der Waals surface area (Å²) in [6.45, 7) is 0. The topological polar surface area (TPSA) is 75.7 Å². The van der Waals surface area contributed by atoms with Crippen LogP contribution >= 0.6 is 0 Å². The number of aliphatic hydroxyl groups is 2. The quantitative estimate of drug-likeness (QED) is 0.730. The second-order valence-corrected chi connectivity index (χ2v) is 6.08. The van der Waals surface area contributed by atoms with Gasteiger partial charge in [-0.15, -0.1) is 0 Å². The number of anilines is 1. The molecule has 22 heavy (non-hydrogen) atoms. The molecule has 1 heterocycles. The highest BCUT2D eigenvalue weighted by Crippen LogP contribution is 2.36. The summed E-state index contributed by atoms with van der Waals surface area (Å²) in [5, 5.41) is 20.9. The Labute approximate surface area is 130 Å². The second-order valence-electron chi connectivity index (χ2n) is 6.08. The van der Waals surface area contributed by atoms with Gasteiger partial charge in [-0.25, -0.2) is 0 Å². The van der Waals surface area contributed by atoms with E-state index in [1.807, 2.05) is 24.3 Å². The van der Waals surface area contributed by atoms with Gasteiger partial charge < -0.3 is 20.7 Å². The third-order valence-electron chi connectivity index (χ3n) is 4.40. The lowest BCUT2D eigenvalue weighted by atomic mass is 9.91. The highest BCUT2D eigenvalue weighted by molar-refractivity contribution is 5.44. The minimum Gasteiger partial charge on any atom is -0.507 e. The van der Waals surface area contributed by atoms with E-state index in [0.717, 1.165) is 42.6 Å². The fraction of sp³-hybridized carbons (Fsp3) is 0.444. The molecule has 2 aliphatic rings. The average Bonchev–Trinajstić information content (AvgIpc) is 2.46. The lowest BCUT2D eigenvalue weighted by Crippen LogP contribution is -2.25. The summed E-state index contributed by atoms with van der Waals surface area (Å²) >= 11 is 0. The van der Waals surface area contributed by atoms with E-state index in [0.29, 0.717) is 17.7 Å². The van der Waals surface area contributed by atoms with Gasteiger partial charge in [0.1, 0.15) is 11.5 Å². The minimum atomic E-state index is -1.07. The first kappa shape index (κ1) is 15.0. The van der Waals surface area contributed by atoms with Crippen LogP contribution in [0.25, 0.3) is 0 Å². The molecule has 1 aliphatic heterocycles. The number of rotatable bonds is 2. The lowest BCUT2D eigenvalue weighted by molar-refractivity contribution is -0.0498. The maximum absolute atomic E-state index is 10.6. The molecule has 0 spiro atoms. The van der Waals surface area contributed by atoms with Crippen LogP contribution in [-0.2, 0) is 11.2 Å². The van der Waals surface area contributed by atoms with E-state index >= 15 is 0 Å². The predicted molar refractivity (Wildman–Crippen MR) is 86.0 cm³/mol. The maximum atomic E-state index is 10.6. The van der Waals surface area contributed by atoms with Gasteiger partial charge in [0.25, 0.3) is 0 Å². The van der Waals surface area contributed by atoms with Crippen LogP contribution in [0.15, 0.2) is 46.9 Å². The van der Waals surface area contributed by atoms with Gasteiger partial charge in [-0.05, 0) is 37.0 Å². The molecule has 1 aliphatic carbocycles. The third-order valence-corrected chi connectivity index (χ3v) is 4.40. The Kier molecular flexibility index (Phi) is 4.39. The monoisotopic (exact) mass is 301 g/mol. The zero-order chi connectivity index (χ0) is 15.5. The van der Waals surface area contributed by atoms with Gasteiger partial charge in [-0.1, -0.05) is 25.0 Å². The molecule has 0 amide bonds. The molecule has 1 atom stereocenters. The first-order chi connectivity index (χ1) is 10.6. The normalized spacial score (nSPS) is 22.7. The second kappa shape index (κ2) is 6.44. The summed E-state index contributed by atoms with van der Waals surface area (Å²) < 4.78 is 5.70. The van der Waals surface area contributed by atoms with Crippen molar-refractivity contribution in [2.75, 3.05) is 5.73 Å². The molecule has 4 nitrogen and oxygen atoms in total. The van der Waals surface area contributed by atoms with Crippen molar-refractivity contribution in [1.82, 2.24) is 0 Å². The van der Waals surface area contributed by atoms with E-state index in [2.05, 4.69) is 0 Å². The molecule has 0 saturated heterocycles. The third kappa shape index (κ3) is 3.12. The zero-order valence-corrected chi connectivity index (χ0v) is 12.7.